The standard InChI is InChI=1S/C13H19NO2S/c1-16-13(15)6-3-8-14-11-4-2-5-12-10(11)7-9-17-12/h7,9,11,14H,2-6,8H2,1H3. The zero-order valence-electron chi connectivity index (χ0n) is 10.2. The first kappa shape index (κ1) is 12.6. The van der Waals surface area contributed by atoms with E-state index in [1.54, 1.807) is 0 Å². The Morgan fingerprint density at radius 2 is 2.53 bits per heavy atom. The van der Waals surface area contributed by atoms with Gasteiger partial charge in [0.05, 0.1) is 7.11 Å². The van der Waals surface area contributed by atoms with Crippen LogP contribution >= 0.6 is 11.3 Å². The van der Waals surface area contributed by atoms with Crippen LogP contribution in [0.1, 0.15) is 42.2 Å². The second-order valence-electron chi connectivity index (χ2n) is 4.38. The smallest absolute Gasteiger partial charge is 0.305 e. The van der Waals surface area contributed by atoms with E-state index in [0.717, 1.165) is 13.0 Å². The minimum Gasteiger partial charge on any atom is -0.469 e. The number of aryl methyl sites for hydroxylation is 1. The van der Waals surface area contributed by atoms with Crippen LogP contribution in [-0.2, 0) is 16.0 Å². The molecule has 2 rings (SSSR count). The molecule has 0 saturated heterocycles. The van der Waals surface area contributed by atoms with E-state index in [1.807, 2.05) is 11.3 Å². The lowest BCUT2D eigenvalue weighted by atomic mass is 9.94. The number of ether oxygens (including phenoxy) is 1. The van der Waals surface area contributed by atoms with Crippen molar-refractivity contribution in [3.8, 4) is 0 Å². The second-order valence-corrected chi connectivity index (χ2v) is 5.38. The summed E-state index contributed by atoms with van der Waals surface area (Å²) in [5.41, 5.74) is 1.47. The molecule has 1 atom stereocenters. The van der Waals surface area contributed by atoms with E-state index >= 15 is 0 Å². The molecule has 1 aliphatic rings. The normalized spacial score (nSPS) is 18.8. The summed E-state index contributed by atoms with van der Waals surface area (Å²) in [7, 11) is 1.44. The average molecular weight is 253 g/mol. The van der Waals surface area contributed by atoms with Crippen molar-refractivity contribution in [2.24, 2.45) is 0 Å². The van der Waals surface area contributed by atoms with Crippen molar-refractivity contribution < 1.29 is 9.53 Å². The van der Waals surface area contributed by atoms with Crippen LogP contribution in [0.4, 0.5) is 0 Å². The van der Waals surface area contributed by atoms with Crippen molar-refractivity contribution >= 4 is 17.3 Å². The van der Waals surface area contributed by atoms with Gasteiger partial charge in [0.1, 0.15) is 0 Å². The molecule has 0 amide bonds. The van der Waals surface area contributed by atoms with Gasteiger partial charge < -0.3 is 10.1 Å². The van der Waals surface area contributed by atoms with Crippen molar-refractivity contribution in [1.82, 2.24) is 5.32 Å². The maximum atomic E-state index is 11.0. The number of methoxy groups -OCH3 is 1. The lowest BCUT2D eigenvalue weighted by molar-refractivity contribution is -0.140. The third kappa shape index (κ3) is 3.30. The Labute approximate surface area is 106 Å². The fourth-order valence-corrected chi connectivity index (χ4v) is 3.30. The summed E-state index contributed by atoms with van der Waals surface area (Å²) in [5, 5.41) is 5.72. The van der Waals surface area contributed by atoms with Gasteiger partial charge in [0.15, 0.2) is 0 Å². The molecule has 0 radical (unpaired) electrons. The highest BCUT2D eigenvalue weighted by atomic mass is 32.1. The number of nitrogens with one attached hydrogen (secondary N) is 1. The minimum atomic E-state index is -0.119. The van der Waals surface area contributed by atoms with Crippen molar-refractivity contribution in [3.05, 3.63) is 21.9 Å². The molecule has 0 fully saturated rings. The van der Waals surface area contributed by atoms with Crippen molar-refractivity contribution in [2.45, 2.75) is 38.1 Å². The summed E-state index contributed by atoms with van der Waals surface area (Å²) in [6, 6.07) is 2.72. The van der Waals surface area contributed by atoms with E-state index in [4.69, 9.17) is 0 Å². The zero-order valence-corrected chi connectivity index (χ0v) is 11.0. The SMILES string of the molecule is COC(=O)CCCNC1CCCc2sccc21. The summed E-state index contributed by atoms with van der Waals surface area (Å²) >= 11 is 1.86. The predicted molar refractivity (Wildman–Crippen MR) is 69.3 cm³/mol. The first-order chi connectivity index (χ1) is 8.31. The Morgan fingerprint density at radius 1 is 1.65 bits per heavy atom. The Kier molecular flexibility index (Phi) is 4.57. The van der Waals surface area contributed by atoms with Gasteiger partial charge in [-0.1, -0.05) is 0 Å². The van der Waals surface area contributed by atoms with E-state index in [-0.39, 0.29) is 5.97 Å². The first-order valence-electron chi connectivity index (χ1n) is 6.17. The number of carbonyl (C=O) groups excluding carboxylic acids is 1. The maximum Gasteiger partial charge on any atom is 0.305 e. The van der Waals surface area contributed by atoms with Gasteiger partial charge in [-0.3, -0.25) is 4.79 Å². The fraction of sp³-hybridized carbons (Fsp3) is 0.615. The molecule has 4 heteroatoms. The van der Waals surface area contributed by atoms with Gasteiger partial charge in [0.25, 0.3) is 0 Å². The minimum absolute atomic E-state index is 0.119. The van der Waals surface area contributed by atoms with E-state index in [9.17, 15) is 4.79 Å². The fourth-order valence-electron chi connectivity index (χ4n) is 2.31. The summed E-state index contributed by atoms with van der Waals surface area (Å²) in [6.07, 6.45) is 5.06. The zero-order chi connectivity index (χ0) is 12.1. The molecule has 1 aliphatic carbocycles. The average Bonchev–Trinajstić information content (AvgIpc) is 2.83. The van der Waals surface area contributed by atoms with Crippen LogP contribution in [-0.4, -0.2) is 19.6 Å². The molecule has 0 bridgehead atoms. The number of esters is 1. The lowest BCUT2D eigenvalue weighted by Crippen LogP contribution is -2.25. The van der Waals surface area contributed by atoms with Crippen LogP contribution in [0.25, 0.3) is 0 Å². The predicted octanol–water partition coefficient (Wildman–Crippen LogP) is 2.67. The molecule has 0 spiro atoms. The topological polar surface area (TPSA) is 38.3 Å². The Bertz CT molecular complexity index is 375. The summed E-state index contributed by atoms with van der Waals surface area (Å²) in [4.78, 5) is 12.5. The van der Waals surface area contributed by atoms with Gasteiger partial charge in [0.2, 0.25) is 0 Å². The molecule has 94 valence electrons. The number of thiophene rings is 1. The van der Waals surface area contributed by atoms with Gasteiger partial charge >= 0.3 is 5.97 Å². The van der Waals surface area contributed by atoms with Crippen LogP contribution in [0.5, 0.6) is 0 Å². The quantitative estimate of drug-likeness (QED) is 0.647. The van der Waals surface area contributed by atoms with Crippen LogP contribution in [0, 0.1) is 0 Å². The lowest BCUT2D eigenvalue weighted by Gasteiger charge is -2.23. The van der Waals surface area contributed by atoms with Gasteiger partial charge in [-0.15, -0.1) is 11.3 Å². The van der Waals surface area contributed by atoms with Gasteiger partial charge in [0, 0.05) is 17.3 Å². The highest BCUT2D eigenvalue weighted by Crippen LogP contribution is 2.33. The Morgan fingerprint density at radius 3 is 3.35 bits per heavy atom. The summed E-state index contributed by atoms with van der Waals surface area (Å²) in [5.74, 6) is -0.119. The van der Waals surface area contributed by atoms with E-state index in [0.29, 0.717) is 12.5 Å². The molecule has 0 aliphatic heterocycles. The molecular formula is C13H19NO2S. The van der Waals surface area contributed by atoms with Gasteiger partial charge in [-0.05, 0) is 49.2 Å². The molecule has 17 heavy (non-hydrogen) atoms. The molecule has 0 aromatic carbocycles. The highest BCUT2D eigenvalue weighted by Gasteiger charge is 2.20. The third-order valence-electron chi connectivity index (χ3n) is 3.23. The summed E-state index contributed by atoms with van der Waals surface area (Å²) < 4.78 is 4.62. The molecule has 1 heterocycles. The molecule has 3 nitrogen and oxygen atoms in total. The molecule has 1 aromatic heterocycles. The highest BCUT2D eigenvalue weighted by molar-refractivity contribution is 7.10. The number of hydrogen-bond acceptors (Lipinski definition) is 4. The third-order valence-corrected chi connectivity index (χ3v) is 4.22. The number of rotatable bonds is 5. The monoisotopic (exact) mass is 253 g/mol. The number of carbonyl (C=O) groups is 1. The number of hydrogen-bond donors (Lipinski definition) is 1. The second kappa shape index (κ2) is 6.17. The van der Waals surface area contributed by atoms with Crippen LogP contribution < -0.4 is 5.32 Å². The molecule has 1 N–H and O–H groups in total. The molecule has 1 unspecified atom stereocenters. The number of fused-ring (bicyclic) bond motifs is 1. The van der Waals surface area contributed by atoms with Crippen molar-refractivity contribution in [2.75, 3.05) is 13.7 Å². The van der Waals surface area contributed by atoms with Gasteiger partial charge in [-0.25, -0.2) is 0 Å². The molecule has 0 saturated carbocycles. The van der Waals surface area contributed by atoms with Crippen molar-refractivity contribution in [1.29, 1.82) is 0 Å². The van der Waals surface area contributed by atoms with Gasteiger partial charge in [-0.2, -0.15) is 0 Å². The molecular weight excluding hydrogens is 234 g/mol. The summed E-state index contributed by atoms with van der Waals surface area (Å²) in [6.45, 7) is 0.884. The van der Waals surface area contributed by atoms with Crippen LogP contribution in [0.2, 0.25) is 0 Å². The molecule has 1 aromatic rings. The Balaban J connectivity index is 1.76. The largest absolute Gasteiger partial charge is 0.469 e. The first-order valence-corrected chi connectivity index (χ1v) is 7.05. The maximum absolute atomic E-state index is 11.0. The van der Waals surface area contributed by atoms with Crippen LogP contribution in [0.15, 0.2) is 11.4 Å². The van der Waals surface area contributed by atoms with E-state index in [2.05, 4.69) is 21.5 Å². The van der Waals surface area contributed by atoms with Crippen molar-refractivity contribution in [3.63, 3.8) is 0 Å². The van der Waals surface area contributed by atoms with E-state index < -0.39 is 0 Å². The van der Waals surface area contributed by atoms with Crippen LogP contribution in [0.3, 0.4) is 0 Å². The van der Waals surface area contributed by atoms with E-state index in [1.165, 1.54) is 36.8 Å². The Hall–Kier alpha value is -0.870.